The normalized spacial score (nSPS) is 19.6. The van der Waals surface area contributed by atoms with E-state index in [-0.39, 0.29) is 6.03 Å². The average molecular weight is 256 g/mol. The van der Waals surface area contributed by atoms with Crippen molar-refractivity contribution in [3.63, 3.8) is 0 Å². The third kappa shape index (κ3) is 4.94. The van der Waals surface area contributed by atoms with Crippen LogP contribution >= 0.6 is 0 Å². The van der Waals surface area contributed by atoms with E-state index < -0.39 is 11.9 Å². The molecule has 104 valence electrons. The minimum Gasteiger partial charge on any atom is -0.481 e. The summed E-state index contributed by atoms with van der Waals surface area (Å²) in [5, 5.41) is 11.8. The molecule has 0 aromatic carbocycles. The average Bonchev–Trinajstić information content (AvgIpc) is 2.38. The van der Waals surface area contributed by atoms with Gasteiger partial charge in [0.25, 0.3) is 0 Å². The zero-order chi connectivity index (χ0) is 13.4. The number of carbonyl (C=O) groups is 2. The van der Waals surface area contributed by atoms with Gasteiger partial charge in [0, 0.05) is 19.6 Å². The SMILES string of the molecule is CCCCCCNC(=O)N1CCCC(C(=O)O)C1. The first-order valence-electron chi connectivity index (χ1n) is 6.90. The highest BCUT2D eigenvalue weighted by molar-refractivity contribution is 5.76. The van der Waals surface area contributed by atoms with Gasteiger partial charge in [-0.05, 0) is 19.3 Å². The lowest BCUT2D eigenvalue weighted by Crippen LogP contribution is -2.47. The van der Waals surface area contributed by atoms with Gasteiger partial charge in [-0.15, -0.1) is 0 Å². The van der Waals surface area contributed by atoms with Gasteiger partial charge < -0.3 is 15.3 Å². The fourth-order valence-electron chi connectivity index (χ4n) is 2.22. The molecule has 0 aliphatic carbocycles. The molecule has 1 aliphatic rings. The predicted octanol–water partition coefficient (Wildman–Crippen LogP) is 2.07. The van der Waals surface area contributed by atoms with E-state index >= 15 is 0 Å². The highest BCUT2D eigenvalue weighted by atomic mass is 16.4. The number of nitrogens with one attached hydrogen (secondary N) is 1. The van der Waals surface area contributed by atoms with Crippen molar-refractivity contribution in [2.24, 2.45) is 5.92 Å². The molecule has 0 radical (unpaired) electrons. The van der Waals surface area contributed by atoms with Crippen molar-refractivity contribution in [2.45, 2.75) is 45.4 Å². The first-order chi connectivity index (χ1) is 8.65. The van der Waals surface area contributed by atoms with Crippen LogP contribution in [-0.4, -0.2) is 41.6 Å². The summed E-state index contributed by atoms with van der Waals surface area (Å²) in [6.07, 6.45) is 5.96. The summed E-state index contributed by atoms with van der Waals surface area (Å²) in [6.45, 7) is 3.85. The number of carbonyl (C=O) groups excluding carboxylic acids is 1. The second-order valence-corrected chi connectivity index (χ2v) is 4.92. The van der Waals surface area contributed by atoms with Crippen molar-refractivity contribution in [3.8, 4) is 0 Å². The topological polar surface area (TPSA) is 69.6 Å². The van der Waals surface area contributed by atoms with E-state index in [2.05, 4.69) is 12.2 Å². The van der Waals surface area contributed by atoms with E-state index in [1.165, 1.54) is 12.8 Å². The Bertz CT molecular complexity index is 281. The van der Waals surface area contributed by atoms with Crippen LogP contribution in [0.15, 0.2) is 0 Å². The number of hydrogen-bond donors (Lipinski definition) is 2. The fourth-order valence-corrected chi connectivity index (χ4v) is 2.22. The molecule has 2 N–H and O–H groups in total. The van der Waals surface area contributed by atoms with Crippen molar-refractivity contribution in [3.05, 3.63) is 0 Å². The maximum absolute atomic E-state index is 11.8. The molecule has 5 heteroatoms. The lowest BCUT2D eigenvalue weighted by Gasteiger charge is -2.30. The molecule has 1 unspecified atom stereocenters. The lowest BCUT2D eigenvalue weighted by atomic mass is 9.99. The Morgan fingerprint density at radius 3 is 2.78 bits per heavy atom. The Morgan fingerprint density at radius 1 is 1.33 bits per heavy atom. The Balaban J connectivity index is 2.22. The van der Waals surface area contributed by atoms with E-state index in [0.29, 0.717) is 26.1 Å². The van der Waals surface area contributed by atoms with Gasteiger partial charge in [-0.3, -0.25) is 4.79 Å². The molecule has 18 heavy (non-hydrogen) atoms. The first-order valence-corrected chi connectivity index (χ1v) is 6.90. The Morgan fingerprint density at radius 2 is 2.11 bits per heavy atom. The van der Waals surface area contributed by atoms with Crippen LogP contribution in [0.4, 0.5) is 4.79 Å². The lowest BCUT2D eigenvalue weighted by molar-refractivity contribution is -0.143. The van der Waals surface area contributed by atoms with Gasteiger partial charge in [-0.25, -0.2) is 4.79 Å². The van der Waals surface area contributed by atoms with E-state index in [1.807, 2.05) is 0 Å². The van der Waals surface area contributed by atoms with Crippen molar-refractivity contribution in [1.29, 1.82) is 0 Å². The van der Waals surface area contributed by atoms with Gasteiger partial charge >= 0.3 is 12.0 Å². The Kier molecular flexibility index (Phi) is 6.54. The third-order valence-corrected chi connectivity index (χ3v) is 3.36. The predicted molar refractivity (Wildman–Crippen MR) is 69.5 cm³/mol. The molecule has 1 aliphatic heterocycles. The number of carboxylic acid groups (broad SMARTS) is 1. The zero-order valence-corrected chi connectivity index (χ0v) is 11.2. The van der Waals surface area contributed by atoms with Crippen LogP contribution in [-0.2, 0) is 4.79 Å². The van der Waals surface area contributed by atoms with Crippen LogP contribution in [0.1, 0.15) is 45.4 Å². The summed E-state index contributed by atoms with van der Waals surface area (Å²) in [6, 6.07) is -0.113. The van der Waals surface area contributed by atoms with Crippen molar-refractivity contribution >= 4 is 12.0 Å². The number of hydrogen-bond acceptors (Lipinski definition) is 2. The van der Waals surface area contributed by atoms with Crippen LogP contribution in [0.3, 0.4) is 0 Å². The van der Waals surface area contributed by atoms with Gasteiger partial charge in [-0.1, -0.05) is 26.2 Å². The minimum absolute atomic E-state index is 0.113. The van der Waals surface area contributed by atoms with E-state index in [9.17, 15) is 9.59 Å². The summed E-state index contributed by atoms with van der Waals surface area (Å²) >= 11 is 0. The van der Waals surface area contributed by atoms with E-state index in [0.717, 1.165) is 19.3 Å². The Labute approximate surface area is 109 Å². The minimum atomic E-state index is -0.796. The molecule has 1 heterocycles. The van der Waals surface area contributed by atoms with Gasteiger partial charge in [0.1, 0.15) is 0 Å². The fraction of sp³-hybridized carbons (Fsp3) is 0.846. The number of rotatable bonds is 6. The van der Waals surface area contributed by atoms with Crippen molar-refractivity contribution < 1.29 is 14.7 Å². The summed E-state index contributed by atoms with van der Waals surface area (Å²) in [4.78, 5) is 24.3. The van der Waals surface area contributed by atoms with Gasteiger partial charge in [-0.2, -0.15) is 0 Å². The van der Waals surface area contributed by atoms with Crippen LogP contribution in [0.25, 0.3) is 0 Å². The molecule has 0 saturated carbocycles. The first kappa shape index (κ1) is 14.8. The molecule has 1 rings (SSSR count). The van der Waals surface area contributed by atoms with Crippen LogP contribution in [0.5, 0.6) is 0 Å². The van der Waals surface area contributed by atoms with Crippen molar-refractivity contribution in [1.82, 2.24) is 10.2 Å². The highest BCUT2D eigenvalue weighted by Crippen LogP contribution is 2.16. The molecular weight excluding hydrogens is 232 g/mol. The number of nitrogens with zero attached hydrogens (tertiary/aromatic N) is 1. The molecule has 1 fully saturated rings. The largest absolute Gasteiger partial charge is 0.481 e. The molecular formula is C13H24N2O3. The monoisotopic (exact) mass is 256 g/mol. The maximum Gasteiger partial charge on any atom is 0.317 e. The molecule has 0 spiro atoms. The zero-order valence-electron chi connectivity index (χ0n) is 11.2. The maximum atomic E-state index is 11.8. The highest BCUT2D eigenvalue weighted by Gasteiger charge is 2.27. The number of aliphatic carboxylic acids is 1. The molecule has 0 aromatic rings. The molecule has 2 amide bonds. The standard InChI is InChI=1S/C13H24N2O3/c1-2-3-4-5-8-14-13(18)15-9-6-7-11(10-15)12(16)17/h11H,2-10H2,1H3,(H,14,18)(H,16,17). The third-order valence-electron chi connectivity index (χ3n) is 3.36. The van der Waals surface area contributed by atoms with Gasteiger partial charge in [0.2, 0.25) is 0 Å². The van der Waals surface area contributed by atoms with Crippen molar-refractivity contribution in [2.75, 3.05) is 19.6 Å². The molecule has 0 bridgehead atoms. The number of unbranched alkanes of at least 4 members (excludes halogenated alkanes) is 3. The van der Waals surface area contributed by atoms with Gasteiger partial charge in [0.15, 0.2) is 0 Å². The van der Waals surface area contributed by atoms with E-state index in [4.69, 9.17) is 5.11 Å². The number of piperidine rings is 1. The summed E-state index contributed by atoms with van der Waals surface area (Å²) in [5.41, 5.74) is 0. The van der Waals surface area contributed by atoms with Crippen LogP contribution in [0.2, 0.25) is 0 Å². The number of carboxylic acids is 1. The second-order valence-electron chi connectivity index (χ2n) is 4.92. The Hall–Kier alpha value is -1.26. The van der Waals surface area contributed by atoms with Gasteiger partial charge in [0.05, 0.1) is 5.92 Å². The van der Waals surface area contributed by atoms with Crippen LogP contribution in [0, 0.1) is 5.92 Å². The molecule has 1 saturated heterocycles. The van der Waals surface area contributed by atoms with E-state index in [1.54, 1.807) is 4.90 Å². The summed E-state index contributed by atoms with van der Waals surface area (Å²) in [5.74, 6) is -1.19. The summed E-state index contributed by atoms with van der Waals surface area (Å²) < 4.78 is 0. The molecule has 5 nitrogen and oxygen atoms in total. The second kappa shape index (κ2) is 7.95. The number of amides is 2. The quantitative estimate of drug-likeness (QED) is 0.715. The summed E-state index contributed by atoms with van der Waals surface area (Å²) in [7, 11) is 0. The molecule has 0 aromatic heterocycles. The molecule has 1 atom stereocenters. The smallest absolute Gasteiger partial charge is 0.317 e. The van der Waals surface area contributed by atoms with Crippen LogP contribution < -0.4 is 5.32 Å². The number of likely N-dealkylation sites (tertiary alicyclic amines) is 1. The number of urea groups is 1.